The molecular weight excluding hydrogens is 192 g/mol. The summed E-state index contributed by atoms with van der Waals surface area (Å²) in [7, 11) is 1.30. The van der Waals surface area contributed by atoms with Gasteiger partial charge >= 0.3 is 5.97 Å². The molecule has 1 rings (SSSR count). The summed E-state index contributed by atoms with van der Waals surface area (Å²) in [6, 6.07) is 4.91. The second kappa shape index (κ2) is 4.55. The SMILES string of the molecule is C=Cc1c(C(C)=O)cccc1C(=O)OC. The Labute approximate surface area is 88.4 Å². The zero-order valence-electron chi connectivity index (χ0n) is 8.74. The predicted octanol–water partition coefficient (Wildman–Crippen LogP) is 2.32. The average molecular weight is 204 g/mol. The molecule has 0 saturated carbocycles. The summed E-state index contributed by atoms with van der Waals surface area (Å²) in [4.78, 5) is 22.7. The van der Waals surface area contributed by atoms with Crippen molar-refractivity contribution >= 4 is 17.8 Å². The van der Waals surface area contributed by atoms with E-state index < -0.39 is 5.97 Å². The number of ether oxygens (including phenoxy) is 1. The molecule has 1 aromatic rings. The van der Waals surface area contributed by atoms with Gasteiger partial charge in [-0.25, -0.2) is 4.79 Å². The number of ketones is 1. The molecule has 0 saturated heterocycles. The van der Waals surface area contributed by atoms with Crippen LogP contribution >= 0.6 is 0 Å². The van der Waals surface area contributed by atoms with Crippen LogP contribution in [0.2, 0.25) is 0 Å². The molecule has 0 heterocycles. The van der Waals surface area contributed by atoms with Gasteiger partial charge < -0.3 is 4.74 Å². The summed E-state index contributed by atoms with van der Waals surface area (Å²) < 4.78 is 4.62. The Morgan fingerprint density at radius 1 is 1.33 bits per heavy atom. The number of Topliss-reactive ketones (excluding diaryl/α,β-unsaturated/α-hetero) is 1. The molecule has 0 amide bonds. The Morgan fingerprint density at radius 2 is 1.93 bits per heavy atom. The number of methoxy groups -OCH3 is 1. The van der Waals surface area contributed by atoms with Gasteiger partial charge in [0.05, 0.1) is 12.7 Å². The van der Waals surface area contributed by atoms with Gasteiger partial charge in [0, 0.05) is 5.56 Å². The van der Waals surface area contributed by atoms with Crippen molar-refractivity contribution in [2.75, 3.05) is 7.11 Å². The fourth-order valence-electron chi connectivity index (χ4n) is 1.38. The molecule has 0 aliphatic heterocycles. The molecule has 0 N–H and O–H groups in total. The van der Waals surface area contributed by atoms with Crippen molar-refractivity contribution in [3.63, 3.8) is 0 Å². The van der Waals surface area contributed by atoms with E-state index >= 15 is 0 Å². The first-order valence-electron chi connectivity index (χ1n) is 4.46. The van der Waals surface area contributed by atoms with Crippen LogP contribution in [0.5, 0.6) is 0 Å². The molecular formula is C12H12O3. The topological polar surface area (TPSA) is 43.4 Å². The third kappa shape index (κ3) is 2.13. The van der Waals surface area contributed by atoms with Gasteiger partial charge in [0.2, 0.25) is 0 Å². The van der Waals surface area contributed by atoms with Gasteiger partial charge in [-0.2, -0.15) is 0 Å². The number of hydrogen-bond acceptors (Lipinski definition) is 3. The lowest BCUT2D eigenvalue weighted by Gasteiger charge is -2.07. The summed E-state index contributed by atoms with van der Waals surface area (Å²) in [5, 5.41) is 0. The molecule has 1 aromatic carbocycles. The molecule has 0 unspecified atom stereocenters. The summed E-state index contributed by atoms with van der Waals surface area (Å²) in [5.41, 5.74) is 1.37. The number of benzene rings is 1. The molecule has 0 spiro atoms. The smallest absolute Gasteiger partial charge is 0.338 e. The molecule has 0 aliphatic rings. The summed E-state index contributed by atoms with van der Waals surface area (Å²) in [5.74, 6) is -0.566. The lowest BCUT2D eigenvalue weighted by Crippen LogP contribution is -2.07. The first kappa shape index (κ1) is 11.2. The van der Waals surface area contributed by atoms with E-state index in [-0.39, 0.29) is 5.78 Å². The maximum atomic E-state index is 11.4. The Morgan fingerprint density at radius 3 is 2.40 bits per heavy atom. The van der Waals surface area contributed by atoms with Crippen LogP contribution in [0.1, 0.15) is 33.2 Å². The van der Waals surface area contributed by atoms with Gasteiger partial charge in [-0.3, -0.25) is 4.79 Å². The van der Waals surface area contributed by atoms with Crippen molar-refractivity contribution in [2.24, 2.45) is 0 Å². The highest BCUT2D eigenvalue weighted by Gasteiger charge is 2.14. The lowest BCUT2D eigenvalue weighted by atomic mass is 9.98. The third-order valence-electron chi connectivity index (χ3n) is 2.09. The summed E-state index contributed by atoms with van der Waals surface area (Å²) in [6.07, 6.45) is 1.49. The highest BCUT2D eigenvalue weighted by atomic mass is 16.5. The van der Waals surface area contributed by atoms with Crippen LogP contribution in [-0.4, -0.2) is 18.9 Å². The number of esters is 1. The predicted molar refractivity (Wildman–Crippen MR) is 57.9 cm³/mol. The third-order valence-corrected chi connectivity index (χ3v) is 2.09. The van der Waals surface area contributed by atoms with E-state index in [1.165, 1.54) is 20.1 Å². The van der Waals surface area contributed by atoms with Crippen LogP contribution in [0.15, 0.2) is 24.8 Å². The van der Waals surface area contributed by atoms with Gasteiger partial charge in [0.25, 0.3) is 0 Å². The molecule has 0 atom stereocenters. The van der Waals surface area contributed by atoms with Gasteiger partial charge in [-0.15, -0.1) is 0 Å². The Kier molecular flexibility index (Phi) is 3.39. The Bertz CT molecular complexity index is 419. The highest BCUT2D eigenvalue weighted by Crippen LogP contribution is 2.17. The van der Waals surface area contributed by atoms with E-state index in [1.54, 1.807) is 18.2 Å². The molecule has 0 bridgehead atoms. The van der Waals surface area contributed by atoms with Crippen molar-refractivity contribution in [3.8, 4) is 0 Å². The first-order valence-corrected chi connectivity index (χ1v) is 4.46. The summed E-state index contributed by atoms with van der Waals surface area (Å²) >= 11 is 0. The van der Waals surface area contributed by atoms with Gasteiger partial charge in [-0.05, 0) is 18.6 Å². The number of carbonyl (C=O) groups is 2. The van der Waals surface area contributed by atoms with E-state index in [0.717, 1.165) is 0 Å². The van der Waals surface area contributed by atoms with E-state index in [2.05, 4.69) is 11.3 Å². The van der Waals surface area contributed by atoms with Crippen LogP contribution < -0.4 is 0 Å². The monoisotopic (exact) mass is 204 g/mol. The molecule has 3 heteroatoms. The molecule has 0 radical (unpaired) electrons. The quantitative estimate of drug-likeness (QED) is 0.560. The Balaban J connectivity index is 3.41. The zero-order valence-corrected chi connectivity index (χ0v) is 8.74. The Hall–Kier alpha value is -1.90. The number of carbonyl (C=O) groups excluding carboxylic acids is 2. The van der Waals surface area contributed by atoms with Crippen LogP contribution in [0.4, 0.5) is 0 Å². The van der Waals surface area contributed by atoms with Crippen LogP contribution in [0.3, 0.4) is 0 Å². The maximum absolute atomic E-state index is 11.4. The van der Waals surface area contributed by atoms with E-state index in [4.69, 9.17) is 0 Å². The minimum Gasteiger partial charge on any atom is -0.465 e. The van der Waals surface area contributed by atoms with Crippen molar-refractivity contribution in [2.45, 2.75) is 6.92 Å². The van der Waals surface area contributed by atoms with Crippen molar-refractivity contribution in [1.82, 2.24) is 0 Å². The van der Waals surface area contributed by atoms with Crippen LogP contribution in [0.25, 0.3) is 6.08 Å². The van der Waals surface area contributed by atoms with Crippen molar-refractivity contribution in [1.29, 1.82) is 0 Å². The second-order valence-electron chi connectivity index (χ2n) is 3.02. The fraction of sp³-hybridized carbons (Fsp3) is 0.167. The minimum atomic E-state index is -0.465. The van der Waals surface area contributed by atoms with Crippen molar-refractivity contribution < 1.29 is 14.3 Å². The standard InChI is InChI=1S/C12H12O3/c1-4-9-10(8(2)13)6-5-7-11(9)12(14)15-3/h4-7H,1H2,2-3H3. The number of rotatable bonds is 3. The first-order chi connectivity index (χ1) is 7.11. The summed E-state index contributed by atoms with van der Waals surface area (Å²) in [6.45, 7) is 5.04. The van der Waals surface area contributed by atoms with Gasteiger partial charge in [0.1, 0.15) is 0 Å². The molecule has 0 fully saturated rings. The molecule has 78 valence electrons. The molecule has 15 heavy (non-hydrogen) atoms. The van der Waals surface area contributed by atoms with E-state index in [9.17, 15) is 9.59 Å². The van der Waals surface area contributed by atoms with Gasteiger partial charge in [-0.1, -0.05) is 24.8 Å². The van der Waals surface area contributed by atoms with E-state index in [0.29, 0.717) is 16.7 Å². The normalized spacial score (nSPS) is 9.47. The van der Waals surface area contributed by atoms with Crippen LogP contribution in [-0.2, 0) is 4.74 Å². The van der Waals surface area contributed by atoms with E-state index in [1.807, 2.05) is 0 Å². The lowest BCUT2D eigenvalue weighted by molar-refractivity contribution is 0.0600. The average Bonchev–Trinajstić information content (AvgIpc) is 2.26. The van der Waals surface area contributed by atoms with Crippen LogP contribution in [0, 0.1) is 0 Å². The highest BCUT2D eigenvalue weighted by molar-refractivity contribution is 6.03. The minimum absolute atomic E-state index is 0.101. The van der Waals surface area contributed by atoms with Crippen molar-refractivity contribution in [3.05, 3.63) is 41.5 Å². The maximum Gasteiger partial charge on any atom is 0.338 e. The van der Waals surface area contributed by atoms with Gasteiger partial charge in [0.15, 0.2) is 5.78 Å². The molecule has 3 nitrogen and oxygen atoms in total. The molecule has 0 aliphatic carbocycles. The number of hydrogen-bond donors (Lipinski definition) is 0. The largest absolute Gasteiger partial charge is 0.465 e. The molecule has 0 aromatic heterocycles. The zero-order chi connectivity index (χ0) is 11.4. The fourth-order valence-corrected chi connectivity index (χ4v) is 1.38. The second-order valence-corrected chi connectivity index (χ2v) is 3.02.